The maximum absolute atomic E-state index is 13.8. The molecule has 31 heavy (non-hydrogen) atoms. The summed E-state index contributed by atoms with van der Waals surface area (Å²) < 4.78 is 46.1. The fraction of sp³-hybridized carbons (Fsp3) is 0.500. The highest BCUT2D eigenvalue weighted by atomic mass is 19.1. The Morgan fingerprint density at radius 2 is 1.68 bits per heavy atom. The van der Waals surface area contributed by atoms with Crippen LogP contribution >= 0.6 is 0 Å². The van der Waals surface area contributed by atoms with Gasteiger partial charge < -0.3 is 9.64 Å². The summed E-state index contributed by atoms with van der Waals surface area (Å²) in [5.41, 5.74) is 1.11. The Morgan fingerprint density at radius 3 is 2.29 bits per heavy atom. The van der Waals surface area contributed by atoms with Crippen molar-refractivity contribution in [1.82, 2.24) is 20.0 Å². The molecule has 0 N–H and O–H groups in total. The van der Waals surface area contributed by atoms with Gasteiger partial charge in [-0.2, -0.15) is 10.2 Å². The van der Waals surface area contributed by atoms with E-state index in [4.69, 9.17) is 4.74 Å². The van der Waals surface area contributed by atoms with Crippen molar-refractivity contribution in [2.45, 2.75) is 38.3 Å². The van der Waals surface area contributed by atoms with Crippen molar-refractivity contribution in [3.63, 3.8) is 0 Å². The predicted octanol–water partition coefficient (Wildman–Crippen LogP) is 3.18. The van der Waals surface area contributed by atoms with Crippen LogP contribution in [0.15, 0.2) is 30.6 Å². The van der Waals surface area contributed by atoms with Gasteiger partial charge in [-0.1, -0.05) is 0 Å². The fourth-order valence-electron chi connectivity index (χ4n) is 4.27. The minimum absolute atomic E-state index is 0.00345. The number of carbonyl (C=O) groups is 1. The predicted molar refractivity (Wildman–Crippen MR) is 107 cm³/mol. The monoisotopic (exact) mass is 434 g/mol. The van der Waals surface area contributed by atoms with Crippen molar-refractivity contribution in [1.29, 1.82) is 0 Å². The molecule has 0 radical (unpaired) electrons. The summed E-state index contributed by atoms with van der Waals surface area (Å²) in [4.78, 5) is 17.1. The summed E-state index contributed by atoms with van der Waals surface area (Å²) in [6, 6.07) is 3.16. The van der Waals surface area contributed by atoms with Crippen LogP contribution in [0.25, 0.3) is 0 Å². The standard InChI is InChI=1S/C22H25F3N4O2/c23-17-11-19(24)21(20(25)12-17)31-18-4-9-29(10-5-18)22(30)16-2-7-28(8-3-16)14-15-1-6-26-27-13-15/h1,6,11-13,16,18H,2-5,7-10,14H2. The summed E-state index contributed by atoms with van der Waals surface area (Å²) >= 11 is 0. The second kappa shape index (κ2) is 9.64. The van der Waals surface area contributed by atoms with E-state index in [1.165, 1.54) is 0 Å². The van der Waals surface area contributed by atoms with E-state index in [1.807, 2.05) is 11.0 Å². The number of ether oxygens (including phenoxy) is 1. The average Bonchev–Trinajstić information content (AvgIpc) is 2.77. The maximum Gasteiger partial charge on any atom is 0.225 e. The van der Waals surface area contributed by atoms with Gasteiger partial charge >= 0.3 is 0 Å². The summed E-state index contributed by atoms with van der Waals surface area (Å²) in [5.74, 6) is -3.50. The van der Waals surface area contributed by atoms with Gasteiger partial charge in [-0.25, -0.2) is 13.2 Å². The molecule has 2 aliphatic rings. The molecule has 0 spiro atoms. The normalized spacial score (nSPS) is 18.9. The van der Waals surface area contributed by atoms with Gasteiger partial charge in [0, 0.05) is 56.7 Å². The number of hydrogen-bond acceptors (Lipinski definition) is 5. The van der Waals surface area contributed by atoms with E-state index in [0.717, 1.165) is 38.0 Å². The van der Waals surface area contributed by atoms with Crippen LogP contribution < -0.4 is 4.74 Å². The lowest BCUT2D eigenvalue weighted by Crippen LogP contribution is -2.47. The Labute approximate surface area is 179 Å². The highest BCUT2D eigenvalue weighted by Crippen LogP contribution is 2.28. The smallest absolute Gasteiger partial charge is 0.225 e. The first-order chi connectivity index (χ1) is 15.0. The molecule has 2 aromatic rings. The van der Waals surface area contributed by atoms with E-state index in [1.54, 1.807) is 12.4 Å². The van der Waals surface area contributed by atoms with Crippen LogP contribution in [0.3, 0.4) is 0 Å². The van der Waals surface area contributed by atoms with Gasteiger partial charge in [-0.05, 0) is 37.6 Å². The van der Waals surface area contributed by atoms with Crippen LogP contribution in [0, 0.1) is 23.4 Å². The first-order valence-corrected chi connectivity index (χ1v) is 10.6. The van der Waals surface area contributed by atoms with Crippen molar-refractivity contribution >= 4 is 5.91 Å². The van der Waals surface area contributed by atoms with Crippen LogP contribution in [0.1, 0.15) is 31.2 Å². The molecule has 2 aliphatic heterocycles. The van der Waals surface area contributed by atoms with Crippen molar-refractivity contribution < 1.29 is 22.7 Å². The number of amides is 1. The number of halogens is 3. The van der Waals surface area contributed by atoms with Gasteiger partial charge in [-0.3, -0.25) is 9.69 Å². The molecule has 6 nitrogen and oxygen atoms in total. The van der Waals surface area contributed by atoms with Gasteiger partial charge in [0.05, 0.1) is 6.20 Å². The molecule has 1 amide bonds. The summed E-state index contributed by atoms with van der Waals surface area (Å²) in [6.07, 6.45) is 5.60. The molecule has 1 aromatic heterocycles. The first-order valence-electron chi connectivity index (χ1n) is 10.6. The molecule has 166 valence electrons. The Hall–Kier alpha value is -2.68. The van der Waals surface area contributed by atoms with Crippen molar-refractivity contribution in [3.8, 4) is 5.75 Å². The topological polar surface area (TPSA) is 58.6 Å². The van der Waals surface area contributed by atoms with Gasteiger partial charge in [0.2, 0.25) is 5.91 Å². The van der Waals surface area contributed by atoms with E-state index in [-0.39, 0.29) is 11.8 Å². The third-order valence-corrected chi connectivity index (χ3v) is 5.99. The van der Waals surface area contributed by atoms with E-state index >= 15 is 0 Å². The van der Waals surface area contributed by atoms with Crippen LogP contribution in [0.5, 0.6) is 5.75 Å². The van der Waals surface area contributed by atoms with E-state index in [2.05, 4.69) is 15.1 Å². The molecule has 3 heterocycles. The molecule has 0 bridgehead atoms. The van der Waals surface area contributed by atoms with Gasteiger partial charge in [-0.15, -0.1) is 0 Å². The largest absolute Gasteiger partial charge is 0.484 e. The van der Waals surface area contributed by atoms with E-state index < -0.39 is 29.3 Å². The minimum atomic E-state index is -1.05. The van der Waals surface area contributed by atoms with Crippen molar-refractivity contribution in [2.75, 3.05) is 26.2 Å². The SMILES string of the molecule is O=C(C1CCN(Cc2ccnnc2)CC1)N1CCC(Oc2c(F)cc(F)cc2F)CC1. The lowest BCUT2D eigenvalue weighted by Gasteiger charge is -2.37. The molecule has 2 saturated heterocycles. The first kappa shape index (κ1) is 21.5. The molecule has 0 saturated carbocycles. The Morgan fingerprint density at radius 1 is 1.00 bits per heavy atom. The quantitative estimate of drug-likeness (QED) is 0.724. The number of carbonyl (C=O) groups excluding carboxylic acids is 1. The molecule has 0 atom stereocenters. The van der Waals surface area contributed by atoms with Gasteiger partial charge in [0.15, 0.2) is 17.4 Å². The number of aromatic nitrogens is 2. The highest BCUT2D eigenvalue weighted by molar-refractivity contribution is 5.79. The second-order valence-electron chi connectivity index (χ2n) is 8.14. The van der Waals surface area contributed by atoms with Crippen molar-refractivity contribution in [2.24, 2.45) is 5.92 Å². The molecule has 9 heteroatoms. The molecular weight excluding hydrogens is 409 g/mol. The number of rotatable bonds is 5. The van der Waals surface area contributed by atoms with Crippen LogP contribution in [-0.2, 0) is 11.3 Å². The molecule has 0 aliphatic carbocycles. The number of benzene rings is 1. The zero-order valence-electron chi connectivity index (χ0n) is 17.1. The lowest BCUT2D eigenvalue weighted by molar-refractivity contribution is -0.139. The molecule has 1 aromatic carbocycles. The van der Waals surface area contributed by atoms with Crippen molar-refractivity contribution in [3.05, 3.63) is 53.6 Å². The number of likely N-dealkylation sites (tertiary alicyclic amines) is 2. The second-order valence-corrected chi connectivity index (χ2v) is 8.14. The zero-order valence-corrected chi connectivity index (χ0v) is 17.1. The maximum atomic E-state index is 13.8. The zero-order chi connectivity index (χ0) is 21.8. The van der Waals surface area contributed by atoms with Crippen LogP contribution in [0.4, 0.5) is 13.2 Å². The summed E-state index contributed by atoms with van der Waals surface area (Å²) in [6.45, 7) is 3.46. The van der Waals surface area contributed by atoms with E-state index in [9.17, 15) is 18.0 Å². The van der Waals surface area contributed by atoms with Crippen LogP contribution in [-0.4, -0.2) is 58.2 Å². The minimum Gasteiger partial charge on any atom is -0.484 e. The molecule has 0 unspecified atom stereocenters. The molecular formula is C22H25F3N4O2. The third kappa shape index (κ3) is 5.33. The van der Waals surface area contributed by atoms with Gasteiger partial charge in [0.25, 0.3) is 0 Å². The Bertz CT molecular complexity index is 876. The van der Waals surface area contributed by atoms with E-state index in [0.29, 0.717) is 38.1 Å². The Balaban J connectivity index is 1.24. The summed E-state index contributed by atoms with van der Waals surface area (Å²) in [7, 11) is 0. The van der Waals surface area contributed by atoms with Crippen LogP contribution in [0.2, 0.25) is 0 Å². The number of piperidine rings is 2. The highest BCUT2D eigenvalue weighted by Gasteiger charge is 2.32. The lowest BCUT2D eigenvalue weighted by atomic mass is 9.94. The third-order valence-electron chi connectivity index (χ3n) is 5.99. The number of nitrogens with zero attached hydrogens (tertiary/aromatic N) is 4. The molecule has 2 fully saturated rings. The molecule has 4 rings (SSSR count). The van der Waals surface area contributed by atoms with Gasteiger partial charge in [0.1, 0.15) is 11.9 Å². The summed E-state index contributed by atoms with van der Waals surface area (Å²) in [5, 5.41) is 7.68. The Kier molecular flexibility index (Phi) is 6.70. The fourth-order valence-corrected chi connectivity index (χ4v) is 4.27. The average molecular weight is 434 g/mol. The number of hydrogen-bond donors (Lipinski definition) is 0.